The molecule has 3 heterocycles. The van der Waals surface area contributed by atoms with E-state index in [0.29, 0.717) is 19.0 Å². The number of aliphatic imine (C=N–C) groups is 1. The zero-order valence-electron chi connectivity index (χ0n) is 15.9. The first-order chi connectivity index (χ1) is 14.2. The van der Waals surface area contributed by atoms with Gasteiger partial charge in [-0.2, -0.15) is 0 Å². The molecule has 0 bridgehead atoms. The molecular weight excluding hydrogens is 389 g/mol. The lowest BCUT2D eigenvalue weighted by Crippen LogP contribution is -2.27. The fourth-order valence-electron chi connectivity index (χ4n) is 3.62. The summed E-state index contributed by atoms with van der Waals surface area (Å²) in [6, 6.07) is 12.9. The van der Waals surface area contributed by atoms with Crippen molar-refractivity contribution in [2.75, 3.05) is 25.7 Å². The fraction of sp³-hybridized carbons (Fsp3) is 0.227. The summed E-state index contributed by atoms with van der Waals surface area (Å²) in [5, 5.41) is 6.74. The van der Waals surface area contributed by atoms with Crippen LogP contribution in [0.1, 0.15) is 16.0 Å². The molecule has 0 saturated heterocycles. The molecule has 0 unspecified atom stereocenters. The monoisotopic (exact) mass is 409 g/mol. The molecule has 0 spiro atoms. The van der Waals surface area contributed by atoms with E-state index in [0.717, 1.165) is 51.2 Å². The van der Waals surface area contributed by atoms with Crippen molar-refractivity contribution in [1.82, 2.24) is 5.32 Å². The minimum atomic E-state index is -0.286. The molecule has 7 heteroatoms. The number of hydrogen-bond donors (Lipinski definition) is 2. The van der Waals surface area contributed by atoms with Crippen LogP contribution in [-0.4, -0.2) is 26.2 Å². The Labute approximate surface area is 172 Å². The SMILES string of the molecule is COc1ccc(F)cc1-c1cc2c(s1)C(NCc1ccc3c(c1)OCC3)=NCN2. The van der Waals surface area contributed by atoms with Crippen molar-refractivity contribution >= 4 is 22.9 Å². The van der Waals surface area contributed by atoms with Crippen LogP contribution < -0.4 is 20.1 Å². The fourth-order valence-corrected chi connectivity index (χ4v) is 4.76. The van der Waals surface area contributed by atoms with Gasteiger partial charge < -0.3 is 20.1 Å². The van der Waals surface area contributed by atoms with Crippen LogP contribution in [0, 0.1) is 5.82 Å². The van der Waals surface area contributed by atoms with Crippen molar-refractivity contribution in [1.29, 1.82) is 0 Å². The molecule has 148 valence electrons. The van der Waals surface area contributed by atoms with E-state index in [2.05, 4.69) is 33.8 Å². The van der Waals surface area contributed by atoms with E-state index in [4.69, 9.17) is 9.47 Å². The van der Waals surface area contributed by atoms with Gasteiger partial charge in [-0.25, -0.2) is 9.38 Å². The average Bonchev–Trinajstić information content (AvgIpc) is 3.38. The van der Waals surface area contributed by atoms with E-state index >= 15 is 0 Å². The largest absolute Gasteiger partial charge is 0.496 e. The summed E-state index contributed by atoms with van der Waals surface area (Å²) in [6.45, 7) is 1.92. The molecule has 5 nitrogen and oxygen atoms in total. The predicted molar refractivity (Wildman–Crippen MR) is 114 cm³/mol. The summed E-state index contributed by atoms with van der Waals surface area (Å²) in [5.74, 6) is 2.18. The normalized spacial score (nSPS) is 14.3. The van der Waals surface area contributed by atoms with Gasteiger partial charge in [0.15, 0.2) is 0 Å². The second-order valence-corrected chi connectivity index (χ2v) is 7.99. The number of methoxy groups -OCH3 is 1. The van der Waals surface area contributed by atoms with Crippen LogP contribution >= 0.6 is 11.3 Å². The summed E-state index contributed by atoms with van der Waals surface area (Å²) in [5.41, 5.74) is 4.15. The maximum absolute atomic E-state index is 13.8. The molecule has 0 aliphatic carbocycles. The molecule has 2 aliphatic heterocycles. The quantitative estimate of drug-likeness (QED) is 0.670. The van der Waals surface area contributed by atoms with E-state index in [1.54, 1.807) is 24.5 Å². The Balaban J connectivity index is 1.39. The van der Waals surface area contributed by atoms with Crippen LogP contribution in [0.25, 0.3) is 10.4 Å². The number of anilines is 1. The van der Waals surface area contributed by atoms with Gasteiger partial charge in [0.05, 0.1) is 24.3 Å². The highest BCUT2D eigenvalue weighted by molar-refractivity contribution is 7.18. The van der Waals surface area contributed by atoms with Crippen molar-refractivity contribution in [3.8, 4) is 21.9 Å². The molecule has 0 fully saturated rings. The van der Waals surface area contributed by atoms with Gasteiger partial charge in [0.2, 0.25) is 0 Å². The Morgan fingerprint density at radius 3 is 3.07 bits per heavy atom. The van der Waals surface area contributed by atoms with Crippen LogP contribution in [0.3, 0.4) is 0 Å². The third-order valence-corrected chi connectivity index (χ3v) is 6.28. The highest BCUT2D eigenvalue weighted by Crippen LogP contribution is 2.40. The Bertz CT molecular complexity index is 1110. The lowest BCUT2D eigenvalue weighted by Gasteiger charge is -2.16. The molecule has 29 heavy (non-hydrogen) atoms. The van der Waals surface area contributed by atoms with E-state index in [9.17, 15) is 4.39 Å². The molecule has 5 rings (SSSR count). The minimum Gasteiger partial charge on any atom is -0.496 e. The summed E-state index contributed by atoms with van der Waals surface area (Å²) in [7, 11) is 1.59. The van der Waals surface area contributed by atoms with Gasteiger partial charge in [0.25, 0.3) is 0 Å². The highest BCUT2D eigenvalue weighted by atomic mass is 32.1. The number of fused-ring (bicyclic) bond motifs is 2. The Morgan fingerprint density at radius 1 is 1.24 bits per heavy atom. The van der Waals surface area contributed by atoms with E-state index in [1.165, 1.54) is 17.7 Å². The maximum atomic E-state index is 13.8. The third-order valence-electron chi connectivity index (χ3n) is 5.10. The molecule has 3 aromatic rings. The average molecular weight is 409 g/mol. The number of rotatable bonds is 4. The topological polar surface area (TPSA) is 54.9 Å². The first kappa shape index (κ1) is 18.0. The van der Waals surface area contributed by atoms with Crippen molar-refractivity contribution in [3.05, 3.63) is 64.3 Å². The number of ether oxygens (including phenoxy) is 2. The van der Waals surface area contributed by atoms with Crippen LogP contribution in [-0.2, 0) is 13.0 Å². The number of halogens is 1. The summed E-state index contributed by atoms with van der Waals surface area (Å²) in [6.07, 6.45) is 0.978. The van der Waals surface area contributed by atoms with Gasteiger partial charge >= 0.3 is 0 Å². The summed E-state index contributed by atoms with van der Waals surface area (Å²) in [4.78, 5) is 6.53. The van der Waals surface area contributed by atoms with Crippen molar-refractivity contribution in [2.24, 2.45) is 4.99 Å². The predicted octanol–water partition coefficient (Wildman–Crippen LogP) is 4.42. The van der Waals surface area contributed by atoms with Gasteiger partial charge in [0.1, 0.15) is 29.8 Å². The number of benzene rings is 2. The number of thiophene rings is 1. The van der Waals surface area contributed by atoms with Crippen LogP contribution in [0.15, 0.2) is 47.5 Å². The van der Waals surface area contributed by atoms with Crippen molar-refractivity contribution in [3.63, 3.8) is 0 Å². The van der Waals surface area contributed by atoms with E-state index in [1.807, 2.05) is 6.07 Å². The molecule has 0 atom stereocenters. The number of nitrogens with one attached hydrogen (secondary N) is 2. The maximum Gasteiger partial charge on any atom is 0.142 e. The number of amidine groups is 1. The molecule has 0 saturated carbocycles. The molecule has 2 N–H and O–H groups in total. The van der Waals surface area contributed by atoms with Crippen molar-refractivity contribution < 1.29 is 13.9 Å². The number of hydrogen-bond acceptors (Lipinski definition) is 6. The lowest BCUT2D eigenvalue weighted by atomic mass is 10.1. The van der Waals surface area contributed by atoms with Gasteiger partial charge in [-0.1, -0.05) is 12.1 Å². The lowest BCUT2D eigenvalue weighted by molar-refractivity contribution is 0.356. The smallest absolute Gasteiger partial charge is 0.142 e. The first-order valence-electron chi connectivity index (χ1n) is 9.46. The highest BCUT2D eigenvalue weighted by Gasteiger charge is 2.21. The van der Waals surface area contributed by atoms with E-state index < -0.39 is 0 Å². The third kappa shape index (κ3) is 3.42. The minimum absolute atomic E-state index is 0.286. The van der Waals surface area contributed by atoms with Crippen LogP contribution in [0.2, 0.25) is 0 Å². The molecule has 2 aliphatic rings. The van der Waals surface area contributed by atoms with E-state index in [-0.39, 0.29) is 5.82 Å². The van der Waals surface area contributed by atoms with Crippen molar-refractivity contribution in [2.45, 2.75) is 13.0 Å². The summed E-state index contributed by atoms with van der Waals surface area (Å²) >= 11 is 1.56. The number of nitrogens with zero attached hydrogens (tertiary/aromatic N) is 1. The molecule has 0 amide bonds. The zero-order valence-corrected chi connectivity index (χ0v) is 16.7. The second kappa shape index (κ2) is 7.40. The van der Waals surface area contributed by atoms with Crippen LogP contribution in [0.4, 0.5) is 10.1 Å². The van der Waals surface area contributed by atoms with Gasteiger partial charge in [-0.05, 0) is 41.5 Å². The first-order valence-corrected chi connectivity index (χ1v) is 10.3. The second-order valence-electron chi connectivity index (χ2n) is 6.93. The Hall–Kier alpha value is -3.06. The van der Waals surface area contributed by atoms with Gasteiger partial charge in [-0.15, -0.1) is 11.3 Å². The Morgan fingerprint density at radius 2 is 2.17 bits per heavy atom. The molecule has 1 aromatic heterocycles. The molecule has 2 aromatic carbocycles. The Kier molecular flexibility index (Phi) is 4.60. The zero-order chi connectivity index (χ0) is 19.8. The summed E-state index contributed by atoms with van der Waals surface area (Å²) < 4.78 is 24.9. The molecule has 0 radical (unpaired) electrons. The van der Waals surface area contributed by atoms with Crippen LogP contribution in [0.5, 0.6) is 11.5 Å². The molecular formula is C22H20FN3O2S. The van der Waals surface area contributed by atoms with Gasteiger partial charge in [-0.3, -0.25) is 0 Å². The standard InChI is InChI=1S/C22H20FN3O2S/c1-27-18-5-4-15(23)9-16(18)20-10-17-21(29-20)22(26-12-25-17)24-11-13-2-3-14-6-7-28-19(14)8-13/h2-5,8-10,25H,6-7,11-12H2,1H3,(H,24,26). The van der Waals surface area contributed by atoms with Gasteiger partial charge in [0, 0.05) is 23.4 Å².